The molecular weight excluding hydrogens is 339 g/mol. The third-order valence-electron chi connectivity index (χ3n) is 0.102. The van der Waals surface area contributed by atoms with E-state index >= 15 is 0 Å². The molecular formula is C3H7NOWY. The van der Waals surface area contributed by atoms with Crippen LogP contribution in [0.25, 0.3) is 0 Å². The molecule has 0 aromatic carbocycles. The van der Waals surface area contributed by atoms with Crippen LogP contribution in [0.2, 0.25) is 0 Å². The van der Waals surface area contributed by atoms with Gasteiger partial charge in [0.05, 0.1) is 0 Å². The van der Waals surface area contributed by atoms with Gasteiger partial charge in [-0.1, -0.05) is 0 Å². The van der Waals surface area contributed by atoms with Crippen LogP contribution in [-0.4, -0.2) is 13.5 Å². The van der Waals surface area contributed by atoms with Crippen molar-refractivity contribution in [2.45, 2.75) is 0 Å². The van der Waals surface area contributed by atoms with Gasteiger partial charge in [-0.2, -0.15) is 6.41 Å². The Hall–Kier alpha value is 1.26. The van der Waals surface area contributed by atoms with E-state index in [9.17, 15) is 0 Å². The average Bonchev–Trinajstić information content (AvgIpc) is 1.37. The van der Waals surface area contributed by atoms with Gasteiger partial charge in [0.2, 0.25) is 0 Å². The molecule has 0 unspecified atom stereocenters. The summed E-state index contributed by atoms with van der Waals surface area (Å²) in [6, 6.07) is 0. The van der Waals surface area contributed by atoms with Gasteiger partial charge in [0.1, 0.15) is 0 Å². The maximum absolute atomic E-state index is 8.94. The summed E-state index contributed by atoms with van der Waals surface area (Å²) in [5.74, 6) is 0. The van der Waals surface area contributed by atoms with Gasteiger partial charge in [0.25, 0.3) is 0 Å². The first kappa shape index (κ1) is 24.0. The molecule has 0 aromatic heterocycles. The largest absolute Gasteiger partial charge is 2.00 e. The predicted octanol–water partition coefficient (Wildman–Crippen LogP) is -0.282. The topological polar surface area (TPSA) is 29.1 Å². The Morgan fingerprint density at radius 3 is 1.71 bits per heavy atom. The van der Waals surface area contributed by atoms with E-state index < -0.39 is 0 Å². The molecule has 0 fully saturated rings. The quantitative estimate of drug-likeness (QED) is 0.514. The standard InChI is InChI=1S/C2H4NO.CH3.W.Y/c1-3-2-4;;;/h1H3,(H,3,4);1H3;;/q2*-1;+2;. The number of carbonyl (C=O) groups excluding carboxylic acids is 1. The van der Waals surface area contributed by atoms with Gasteiger partial charge in [-0.15, -0.1) is 0 Å². The molecule has 1 N–H and O–H groups in total. The number of rotatable bonds is 1. The molecule has 39 valence electrons. The summed E-state index contributed by atoms with van der Waals surface area (Å²) < 4.78 is 0. The molecule has 0 atom stereocenters. The van der Waals surface area contributed by atoms with E-state index in [0.29, 0.717) is 0 Å². The second-order valence-electron chi connectivity index (χ2n) is 0.352. The van der Waals surface area contributed by atoms with Crippen molar-refractivity contribution in [2.24, 2.45) is 0 Å². The van der Waals surface area contributed by atoms with E-state index in [4.69, 9.17) is 4.79 Å². The van der Waals surface area contributed by atoms with Crippen LogP contribution < -0.4 is 5.32 Å². The van der Waals surface area contributed by atoms with Crippen LogP contribution in [0, 0.1) is 7.43 Å². The van der Waals surface area contributed by atoms with E-state index in [-0.39, 0.29) is 61.2 Å². The molecule has 4 heteroatoms. The number of hydrogen-bond acceptors (Lipinski definition) is 1. The first-order valence-corrected chi connectivity index (χ1v) is 0.954. The summed E-state index contributed by atoms with van der Waals surface area (Å²) in [4.78, 5) is 8.94. The third-order valence-corrected chi connectivity index (χ3v) is 0.102. The van der Waals surface area contributed by atoms with Crippen LogP contribution >= 0.6 is 0 Å². The van der Waals surface area contributed by atoms with Gasteiger partial charge in [0, 0.05) is 32.7 Å². The molecule has 0 heterocycles. The van der Waals surface area contributed by atoms with Crippen molar-refractivity contribution in [3.8, 4) is 0 Å². The van der Waals surface area contributed by atoms with E-state index in [2.05, 4.69) is 5.32 Å². The van der Waals surface area contributed by atoms with Crippen molar-refractivity contribution in [3.63, 3.8) is 0 Å². The van der Waals surface area contributed by atoms with E-state index in [1.807, 2.05) is 0 Å². The fraction of sp³-hybridized carbons (Fsp3) is 0.333. The fourth-order valence-corrected chi connectivity index (χ4v) is 0. The summed E-state index contributed by atoms with van der Waals surface area (Å²) in [5.41, 5.74) is 0. The number of nitrogens with one attached hydrogen (secondary N) is 1. The minimum Gasteiger partial charge on any atom is -0.532 e. The van der Waals surface area contributed by atoms with Gasteiger partial charge < -0.3 is 17.5 Å². The molecule has 0 aliphatic heterocycles. The Balaban J connectivity index is -0.0000000150. The molecule has 1 amide bonds. The predicted molar refractivity (Wildman–Crippen MR) is 21.2 cm³/mol. The smallest absolute Gasteiger partial charge is 0.532 e. The van der Waals surface area contributed by atoms with Crippen molar-refractivity contribution in [2.75, 3.05) is 7.05 Å². The Bertz CT molecular complexity index is 28.9. The van der Waals surface area contributed by atoms with Crippen LogP contribution in [0.3, 0.4) is 0 Å². The molecule has 1 radical (unpaired) electrons. The fourth-order valence-electron chi connectivity index (χ4n) is 0. The van der Waals surface area contributed by atoms with Gasteiger partial charge in [-0.25, -0.2) is 0 Å². The van der Waals surface area contributed by atoms with Crippen LogP contribution in [-0.2, 0) is 58.6 Å². The zero-order valence-electron chi connectivity index (χ0n) is 4.39. The second-order valence-corrected chi connectivity index (χ2v) is 0.352. The average molecular weight is 346 g/mol. The van der Waals surface area contributed by atoms with Crippen LogP contribution in [0.1, 0.15) is 0 Å². The summed E-state index contributed by atoms with van der Waals surface area (Å²) in [6.45, 7) is 0. The van der Waals surface area contributed by atoms with Crippen molar-refractivity contribution in [1.29, 1.82) is 0 Å². The Kier molecular flexibility index (Phi) is 91.7. The van der Waals surface area contributed by atoms with Crippen molar-refractivity contribution < 1.29 is 58.6 Å². The van der Waals surface area contributed by atoms with Crippen molar-refractivity contribution >= 4 is 6.41 Å². The molecule has 0 bridgehead atoms. The molecule has 0 saturated heterocycles. The van der Waals surface area contributed by atoms with Gasteiger partial charge in [-0.3, -0.25) is 0 Å². The SMILES string of the molecule is CN[C-]=O.[CH3-].[W+2].[Y]. The summed E-state index contributed by atoms with van der Waals surface area (Å²) in [5, 5.41) is 2.12. The van der Waals surface area contributed by atoms with Gasteiger partial charge in [-0.05, 0) is 7.05 Å². The Morgan fingerprint density at radius 2 is 1.71 bits per heavy atom. The van der Waals surface area contributed by atoms with Crippen LogP contribution in [0.4, 0.5) is 0 Å². The summed E-state index contributed by atoms with van der Waals surface area (Å²) >= 11 is 0. The zero-order chi connectivity index (χ0) is 3.41. The summed E-state index contributed by atoms with van der Waals surface area (Å²) in [6.07, 6.45) is 1.43. The van der Waals surface area contributed by atoms with Crippen molar-refractivity contribution in [1.82, 2.24) is 5.32 Å². The first-order chi connectivity index (χ1) is 1.91. The first-order valence-electron chi connectivity index (χ1n) is 0.954. The molecule has 0 aliphatic carbocycles. The Morgan fingerprint density at radius 1 is 1.57 bits per heavy atom. The minimum absolute atomic E-state index is 0. The molecule has 7 heavy (non-hydrogen) atoms. The molecule has 0 aromatic rings. The van der Waals surface area contributed by atoms with E-state index in [1.165, 1.54) is 13.5 Å². The van der Waals surface area contributed by atoms with Gasteiger partial charge in [0.15, 0.2) is 0 Å². The molecule has 0 saturated carbocycles. The van der Waals surface area contributed by atoms with Crippen molar-refractivity contribution in [3.05, 3.63) is 7.43 Å². The molecule has 0 rings (SSSR count). The summed E-state index contributed by atoms with van der Waals surface area (Å²) in [7, 11) is 1.51. The monoisotopic (exact) mass is 346 g/mol. The van der Waals surface area contributed by atoms with Gasteiger partial charge >= 0.3 is 21.1 Å². The number of hydrogen-bond donors (Lipinski definition) is 1. The van der Waals surface area contributed by atoms with Crippen LogP contribution in [0.15, 0.2) is 0 Å². The second kappa shape index (κ2) is 26.8. The maximum Gasteiger partial charge on any atom is 2.00 e. The minimum atomic E-state index is 0. The van der Waals surface area contributed by atoms with E-state index in [1.54, 1.807) is 0 Å². The normalized spacial score (nSPS) is 3.00. The van der Waals surface area contributed by atoms with E-state index in [0.717, 1.165) is 0 Å². The Labute approximate surface area is 84.0 Å². The zero-order valence-corrected chi connectivity index (χ0v) is 10.2. The third kappa shape index (κ3) is 39.3. The number of amides is 1. The maximum atomic E-state index is 8.94. The van der Waals surface area contributed by atoms with Crippen LogP contribution in [0.5, 0.6) is 0 Å². The molecule has 0 aliphatic rings. The molecule has 0 spiro atoms. The molecule has 2 nitrogen and oxygen atoms in total.